The van der Waals surface area contributed by atoms with E-state index in [4.69, 9.17) is 16.8 Å². The van der Waals surface area contributed by atoms with Gasteiger partial charge in [-0.3, -0.25) is 14.8 Å². The van der Waals surface area contributed by atoms with E-state index in [0.717, 1.165) is 43.0 Å². The summed E-state index contributed by atoms with van der Waals surface area (Å²) in [7, 11) is 2.10. The van der Waals surface area contributed by atoms with Gasteiger partial charge in [-0.15, -0.1) is 12.4 Å². The number of allylic oxidation sites excluding steroid dienone is 1. The maximum Gasteiger partial charge on any atom is 0.267 e. The maximum absolute atomic E-state index is 12.7. The van der Waals surface area contributed by atoms with Gasteiger partial charge in [0.1, 0.15) is 0 Å². The lowest BCUT2D eigenvalue weighted by molar-refractivity contribution is -0.124. The Labute approximate surface area is 193 Å². The molecule has 1 aliphatic rings. The van der Waals surface area contributed by atoms with Crippen molar-refractivity contribution in [2.45, 2.75) is 0 Å². The minimum absolute atomic E-state index is 0. The van der Waals surface area contributed by atoms with Crippen LogP contribution in [0, 0.1) is 0 Å². The first-order chi connectivity index (χ1) is 14.4. The molecule has 0 spiro atoms. The molecule has 1 aliphatic heterocycles. The third-order valence-corrected chi connectivity index (χ3v) is 5.13. The first-order valence-electron chi connectivity index (χ1n) is 9.63. The Morgan fingerprint density at radius 2 is 1.65 bits per heavy atom. The van der Waals surface area contributed by atoms with Crippen LogP contribution in [0.25, 0.3) is 12.2 Å². The summed E-state index contributed by atoms with van der Waals surface area (Å²) >= 11 is 6.28. The highest BCUT2D eigenvalue weighted by molar-refractivity contribution is 6.31. The highest BCUT2D eigenvalue weighted by Gasteiger charge is 2.16. The van der Waals surface area contributed by atoms with E-state index in [9.17, 15) is 9.59 Å². The number of piperazine rings is 1. The lowest BCUT2D eigenvalue weighted by atomic mass is 10.1. The van der Waals surface area contributed by atoms with Crippen molar-refractivity contribution < 1.29 is 14.8 Å². The highest BCUT2D eigenvalue weighted by Crippen LogP contribution is 2.24. The third kappa shape index (κ3) is 7.22. The molecule has 2 N–H and O–H groups in total. The van der Waals surface area contributed by atoms with E-state index in [1.165, 1.54) is 12.2 Å². The molecule has 0 radical (unpaired) electrons. The first-order valence-corrected chi connectivity index (χ1v) is 10.0. The average Bonchev–Trinajstić information content (AvgIpc) is 2.76. The number of anilines is 1. The van der Waals surface area contributed by atoms with Crippen molar-refractivity contribution >= 4 is 53.5 Å². The van der Waals surface area contributed by atoms with Crippen LogP contribution in [0.1, 0.15) is 21.5 Å². The summed E-state index contributed by atoms with van der Waals surface area (Å²) in [5, 5.41) is 9.08. The van der Waals surface area contributed by atoms with Crippen molar-refractivity contribution in [3.05, 3.63) is 76.3 Å². The molecule has 2 aromatic rings. The van der Waals surface area contributed by atoms with Gasteiger partial charge in [-0.2, -0.15) is 0 Å². The molecular weight excluding hydrogens is 437 g/mol. The number of benzene rings is 2. The molecule has 8 heteroatoms. The molecule has 0 saturated carbocycles. The van der Waals surface area contributed by atoms with Gasteiger partial charge in [0.05, 0.1) is 0 Å². The smallest absolute Gasteiger partial charge is 0.267 e. The van der Waals surface area contributed by atoms with E-state index in [2.05, 4.69) is 16.8 Å². The number of nitrogens with zero attached hydrogens (tertiary/aromatic N) is 2. The van der Waals surface area contributed by atoms with Gasteiger partial charge in [0, 0.05) is 48.5 Å². The van der Waals surface area contributed by atoms with Crippen molar-refractivity contribution in [3.8, 4) is 0 Å². The molecule has 0 aromatic heterocycles. The molecule has 1 saturated heterocycles. The number of hydrogen-bond donors (Lipinski definition) is 2. The quantitative estimate of drug-likeness (QED) is 0.295. The van der Waals surface area contributed by atoms with E-state index >= 15 is 0 Å². The monoisotopic (exact) mass is 461 g/mol. The molecule has 2 aromatic carbocycles. The van der Waals surface area contributed by atoms with Crippen LogP contribution in [0.15, 0.2) is 54.6 Å². The fourth-order valence-corrected chi connectivity index (χ4v) is 3.44. The van der Waals surface area contributed by atoms with E-state index in [1.807, 2.05) is 36.4 Å². The van der Waals surface area contributed by atoms with Crippen LogP contribution in [-0.2, 0) is 4.79 Å². The number of carbonyl (C=O) groups is 2. The Morgan fingerprint density at radius 3 is 2.29 bits per heavy atom. The molecule has 1 heterocycles. The molecule has 6 nitrogen and oxygen atoms in total. The summed E-state index contributed by atoms with van der Waals surface area (Å²) in [5.74, 6) is -0.739. The summed E-state index contributed by atoms with van der Waals surface area (Å²) in [6.45, 7) is 3.74. The molecule has 0 bridgehead atoms. The van der Waals surface area contributed by atoms with Crippen LogP contribution in [0.5, 0.6) is 0 Å². The number of carbonyl (C=O) groups excluding carboxylic acids is 2. The number of rotatable bonds is 6. The molecule has 1 fully saturated rings. The molecule has 1 amide bonds. The van der Waals surface area contributed by atoms with Gasteiger partial charge in [0.25, 0.3) is 5.91 Å². The normalized spacial score (nSPS) is 14.6. The van der Waals surface area contributed by atoms with Crippen molar-refractivity contribution in [1.82, 2.24) is 10.4 Å². The maximum atomic E-state index is 12.7. The predicted molar refractivity (Wildman–Crippen MR) is 127 cm³/mol. The lowest BCUT2D eigenvalue weighted by Crippen LogP contribution is -2.44. The van der Waals surface area contributed by atoms with Gasteiger partial charge in [0.15, 0.2) is 5.78 Å². The molecule has 3 rings (SSSR count). The van der Waals surface area contributed by atoms with E-state index < -0.39 is 5.91 Å². The Hall–Kier alpha value is -2.64. The van der Waals surface area contributed by atoms with Gasteiger partial charge >= 0.3 is 0 Å². The van der Waals surface area contributed by atoms with Gasteiger partial charge in [-0.05, 0) is 54.6 Å². The van der Waals surface area contributed by atoms with Crippen molar-refractivity contribution in [2.24, 2.45) is 0 Å². The number of ketones is 1. The Balaban J connectivity index is 0.00000341. The van der Waals surface area contributed by atoms with Crippen LogP contribution in [-0.4, -0.2) is 55.0 Å². The number of halogens is 2. The standard InChI is InChI=1S/C23H24ClN3O3.ClH/c1-26-9-11-27(12-10-26)21-15-19(14-20(24)16-21)22(28)7-5-17-3-2-4-18(13-17)6-8-23(29)25-30;/h2-8,13-16,30H,9-12H2,1H3,(H,25,29);1H. The Kier molecular flexibility index (Phi) is 9.27. The lowest BCUT2D eigenvalue weighted by Gasteiger charge is -2.34. The van der Waals surface area contributed by atoms with Crippen molar-refractivity contribution in [3.63, 3.8) is 0 Å². The number of amides is 1. The summed E-state index contributed by atoms with van der Waals surface area (Å²) < 4.78 is 0. The topological polar surface area (TPSA) is 72.9 Å². The minimum Gasteiger partial charge on any atom is -0.369 e. The van der Waals surface area contributed by atoms with Crippen molar-refractivity contribution in [2.75, 3.05) is 38.1 Å². The van der Waals surface area contributed by atoms with Crippen LogP contribution >= 0.6 is 24.0 Å². The average molecular weight is 462 g/mol. The van der Waals surface area contributed by atoms with E-state index in [-0.39, 0.29) is 18.2 Å². The first kappa shape index (κ1) is 24.6. The van der Waals surface area contributed by atoms with Crippen LogP contribution in [0.4, 0.5) is 5.69 Å². The van der Waals surface area contributed by atoms with Crippen LogP contribution in [0.2, 0.25) is 5.02 Å². The third-order valence-electron chi connectivity index (χ3n) is 4.91. The molecular formula is C23H25Cl2N3O3. The second kappa shape index (κ2) is 11.7. The second-order valence-corrected chi connectivity index (χ2v) is 7.60. The zero-order chi connectivity index (χ0) is 21.5. The largest absolute Gasteiger partial charge is 0.369 e. The van der Waals surface area contributed by atoms with Gasteiger partial charge in [-0.25, -0.2) is 5.48 Å². The minimum atomic E-state index is -0.608. The summed E-state index contributed by atoms with van der Waals surface area (Å²) in [5.41, 5.74) is 4.63. The van der Waals surface area contributed by atoms with Gasteiger partial charge in [-0.1, -0.05) is 35.9 Å². The predicted octanol–water partition coefficient (Wildman–Crippen LogP) is 3.93. The number of likely N-dealkylation sites (N-methyl/N-ethyl adjacent to an activating group) is 1. The number of nitrogens with one attached hydrogen (secondary N) is 1. The number of hydrogen-bond acceptors (Lipinski definition) is 5. The van der Waals surface area contributed by atoms with Crippen LogP contribution < -0.4 is 10.4 Å². The summed E-state index contributed by atoms with van der Waals surface area (Å²) in [6, 6.07) is 12.8. The highest BCUT2D eigenvalue weighted by atomic mass is 35.5. The fourth-order valence-electron chi connectivity index (χ4n) is 3.21. The zero-order valence-corrected chi connectivity index (χ0v) is 18.7. The molecule has 0 atom stereocenters. The summed E-state index contributed by atoms with van der Waals surface area (Å²) in [6.07, 6.45) is 6.04. The van der Waals surface area contributed by atoms with E-state index in [0.29, 0.717) is 10.6 Å². The number of hydroxylamine groups is 1. The molecule has 0 unspecified atom stereocenters. The second-order valence-electron chi connectivity index (χ2n) is 7.17. The SMILES string of the molecule is CN1CCN(c2cc(Cl)cc(C(=O)C=Cc3cccc(C=CC(=O)NO)c3)c2)CC1.Cl. The van der Waals surface area contributed by atoms with Crippen LogP contribution in [0.3, 0.4) is 0 Å². The molecule has 0 aliphatic carbocycles. The fraction of sp³-hybridized carbons (Fsp3) is 0.217. The van der Waals surface area contributed by atoms with E-state index in [1.54, 1.807) is 23.7 Å². The zero-order valence-electron chi connectivity index (χ0n) is 17.1. The Morgan fingerprint density at radius 1 is 1.00 bits per heavy atom. The van der Waals surface area contributed by atoms with Crippen molar-refractivity contribution in [1.29, 1.82) is 0 Å². The molecule has 164 valence electrons. The molecule has 31 heavy (non-hydrogen) atoms. The van der Waals surface area contributed by atoms with Gasteiger partial charge in [0.2, 0.25) is 0 Å². The van der Waals surface area contributed by atoms with Gasteiger partial charge < -0.3 is 9.80 Å². The Bertz CT molecular complexity index is 984. The summed E-state index contributed by atoms with van der Waals surface area (Å²) in [4.78, 5) is 28.3.